The van der Waals surface area contributed by atoms with Crippen molar-refractivity contribution in [2.24, 2.45) is 7.05 Å². The maximum absolute atomic E-state index is 4.68. The van der Waals surface area contributed by atoms with Crippen molar-refractivity contribution in [3.05, 3.63) is 54.1 Å². The average molecular weight is 345 g/mol. The summed E-state index contributed by atoms with van der Waals surface area (Å²) in [4.78, 5) is 9.21. The Balaban J connectivity index is 1.70. The van der Waals surface area contributed by atoms with Gasteiger partial charge in [0.05, 0.1) is 22.9 Å². The van der Waals surface area contributed by atoms with Crippen LogP contribution in [0.5, 0.6) is 0 Å². The normalized spacial score (nSPS) is 11.0. The van der Waals surface area contributed by atoms with E-state index in [1.807, 2.05) is 50.6 Å². The highest BCUT2D eigenvalue weighted by molar-refractivity contribution is 5.82. The highest BCUT2D eigenvalue weighted by Gasteiger charge is 2.09. The maximum Gasteiger partial charge on any atom is 0.154 e. The minimum Gasteiger partial charge on any atom is -0.323 e. The molecule has 4 heterocycles. The summed E-state index contributed by atoms with van der Waals surface area (Å²) in [7, 11) is 1.91. The highest BCUT2D eigenvalue weighted by atomic mass is 15.2. The summed E-state index contributed by atoms with van der Waals surface area (Å²) in [6.45, 7) is 4.08. The maximum atomic E-state index is 4.68. The molecule has 130 valence electrons. The second kappa shape index (κ2) is 6.51. The molecule has 0 saturated heterocycles. The standard InChI is InChI=1S/C19H19N7/c1-4-13-7-19(24-21-9-13)23-18-6-5-16-17(22-18)8-14(10-20-16)15-11-26(3)25-12(15)2/h5-11H,4H2,1-3H3,(H,22,23,24). The second-order valence-electron chi connectivity index (χ2n) is 6.19. The molecule has 0 amide bonds. The van der Waals surface area contributed by atoms with Crippen LogP contribution in [0.1, 0.15) is 18.2 Å². The van der Waals surface area contributed by atoms with E-state index < -0.39 is 0 Å². The van der Waals surface area contributed by atoms with Crippen molar-refractivity contribution in [2.45, 2.75) is 20.3 Å². The molecular weight excluding hydrogens is 326 g/mol. The molecular formula is C19H19N7. The van der Waals surface area contributed by atoms with Gasteiger partial charge in [0.15, 0.2) is 5.82 Å². The third-order valence-corrected chi connectivity index (χ3v) is 4.24. The first-order chi connectivity index (χ1) is 12.6. The molecule has 0 aliphatic carbocycles. The molecule has 4 rings (SSSR count). The molecule has 26 heavy (non-hydrogen) atoms. The number of aryl methyl sites for hydroxylation is 3. The molecule has 0 radical (unpaired) electrons. The predicted octanol–water partition coefficient (Wildman–Crippen LogP) is 3.43. The third kappa shape index (κ3) is 3.11. The lowest BCUT2D eigenvalue weighted by atomic mass is 10.1. The van der Waals surface area contributed by atoms with Crippen LogP contribution in [0.2, 0.25) is 0 Å². The molecule has 0 aliphatic heterocycles. The third-order valence-electron chi connectivity index (χ3n) is 4.24. The Morgan fingerprint density at radius 3 is 2.73 bits per heavy atom. The Hall–Kier alpha value is -3.35. The van der Waals surface area contributed by atoms with Gasteiger partial charge >= 0.3 is 0 Å². The quantitative estimate of drug-likeness (QED) is 0.610. The van der Waals surface area contributed by atoms with Crippen LogP contribution in [0.4, 0.5) is 11.6 Å². The minimum atomic E-state index is 0.684. The van der Waals surface area contributed by atoms with Gasteiger partial charge in [0.25, 0.3) is 0 Å². The van der Waals surface area contributed by atoms with Crippen molar-refractivity contribution in [2.75, 3.05) is 5.32 Å². The Morgan fingerprint density at radius 2 is 1.96 bits per heavy atom. The number of anilines is 2. The SMILES string of the molecule is CCc1cnnc(Nc2ccc3ncc(-c4cn(C)nc4C)cc3n2)c1. The van der Waals surface area contributed by atoms with Crippen molar-refractivity contribution in [1.29, 1.82) is 0 Å². The largest absolute Gasteiger partial charge is 0.323 e. The summed E-state index contributed by atoms with van der Waals surface area (Å²) in [5, 5.41) is 15.7. The summed E-state index contributed by atoms with van der Waals surface area (Å²) in [6, 6.07) is 7.85. The number of nitrogens with one attached hydrogen (secondary N) is 1. The predicted molar refractivity (Wildman–Crippen MR) is 101 cm³/mol. The number of hydrogen-bond acceptors (Lipinski definition) is 6. The fourth-order valence-corrected chi connectivity index (χ4v) is 2.90. The van der Waals surface area contributed by atoms with Gasteiger partial charge in [0.2, 0.25) is 0 Å². The van der Waals surface area contributed by atoms with Gasteiger partial charge in [-0.15, -0.1) is 5.10 Å². The zero-order valence-electron chi connectivity index (χ0n) is 14.9. The van der Waals surface area contributed by atoms with Gasteiger partial charge < -0.3 is 5.32 Å². The molecule has 0 aliphatic rings. The van der Waals surface area contributed by atoms with Crippen LogP contribution in [-0.4, -0.2) is 29.9 Å². The van der Waals surface area contributed by atoms with Gasteiger partial charge in [-0.2, -0.15) is 10.2 Å². The number of hydrogen-bond donors (Lipinski definition) is 1. The van der Waals surface area contributed by atoms with Crippen molar-refractivity contribution >= 4 is 22.7 Å². The molecule has 0 atom stereocenters. The molecule has 4 aromatic rings. The molecule has 4 aromatic heterocycles. The molecule has 1 N–H and O–H groups in total. The van der Waals surface area contributed by atoms with Crippen LogP contribution in [0.25, 0.3) is 22.2 Å². The fraction of sp³-hybridized carbons (Fsp3) is 0.211. The Bertz CT molecular complexity index is 1080. The summed E-state index contributed by atoms with van der Waals surface area (Å²) in [5.74, 6) is 1.39. The van der Waals surface area contributed by atoms with Gasteiger partial charge in [-0.25, -0.2) is 4.98 Å². The summed E-state index contributed by atoms with van der Waals surface area (Å²) >= 11 is 0. The molecule has 7 nitrogen and oxygen atoms in total. The van der Waals surface area contributed by atoms with Gasteiger partial charge in [-0.1, -0.05) is 6.92 Å². The second-order valence-corrected chi connectivity index (χ2v) is 6.19. The van der Waals surface area contributed by atoms with Crippen LogP contribution < -0.4 is 5.32 Å². The van der Waals surface area contributed by atoms with E-state index in [9.17, 15) is 0 Å². The molecule has 0 spiro atoms. The summed E-state index contributed by atoms with van der Waals surface area (Å²) in [5.41, 5.74) is 5.81. The summed E-state index contributed by atoms with van der Waals surface area (Å²) < 4.78 is 1.81. The number of fused-ring (bicyclic) bond motifs is 1. The van der Waals surface area contributed by atoms with Crippen LogP contribution >= 0.6 is 0 Å². The lowest BCUT2D eigenvalue weighted by Crippen LogP contribution is -1.99. The smallest absolute Gasteiger partial charge is 0.154 e. The molecule has 0 saturated carbocycles. The molecule has 7 heteroatoms. The first-order valence-electron chi connectivity index (χ1n) is 8.48. The van der Waals surface area contributed by atoms with Gasteiger partial charge in [0.1, 0.15) is 5.82 Å². The zero-order chi connectivity index (χ0) is 18.1. The first-order valence-corrected chi connectivity index (χ1v) is 8.48. The first kappa shape index (κ1) is 16.1. The lowest BCUT2D eigenvalue weighted by molar-refractivity contribution is 0.756. The van der Waals surface area contributed by atoms with Crippen molar-refractivity contribution < 1.29 is 0 Å². The van der Waals surface area contributed by atoms with E-state index in [0.29, 0.717) is 11.6 Å². The van der Waals surface area contributed by atoms with E-state index in [2.05, 4.69) is 37.5 Å². The van der Waals surface area contributed by atoms with E-state index in [1.54, 1.807) is 10.9 Å². The average Bonchev–Trinajstić information content (AvgIpc) is 2.99. The van der Waals surface area contributed by atoms with E-state index >= 15 is 0 Å². The van der Waals surface area contributed by atoms with E-state index in [4.69, 9.17) is 0 Å². The Morgan fingerprint density at radius 1 is 1.08 bits per heavy atom. The van der Waals surface area contributed by atoms with E-state index in [-0.39, 0.29) is 0 Å². The zero-order valence-corrected chi connectivity index (χ0v) is 14.9. The van der Waals surface area contributed by atoms with Crippen molar-refractivity contribution in [3.8, 4) is 11.1 Å². The molecule has 0 fully saturated rings. The Kier molecular flexibility index (Phi) is 4.04. The van der Waals surface area contributed by atoms with Gasteiger partial charge in [-0.05, 0) is 43.2 Å². The van der Waals surface area contributed by atoms with Gasteiger partial charge in [0, 0.05) is 30.6 Å². The number of nitrogens with zero attached hydrogens (tertiary/aromatic N) is 6. The van der Waals surface area contributed by atoms with Crippen molar-refractivity contribution in [3.63, 3.8) is 0 Å². The fourth-order valence-electron chi connectivity index (χ4n) is 2.90. The number of aromatic nitrogens is 6. The van der Waals surface area contributed by atoms with E-state index in [0.717, 1.165) is 39.8 Å². The topological polar surface area (TPSA) is 81.4 Å². The number of pyridine rings is 2. The minimum absolute atomic E-state index is 0.684. The van der Waals surface area contributed by atoms with Crippen LogP contribution in [0.15, 0.2) is 42.9 Å². The molecule has 0 unspecified atom stereocenters. The van der Waals surface area contributed by atoms with Crippen LogP contribution in [0, 0.1) is 6.92 Å². The van der Waals surface area contributed by atoms with Crippen molar-refractivity contribution in [1.82, 2.24) is 29.9 Å². The van der Waals surface area contributed by atoms with Gasteiger partial charge in [-0.3, -0.25) is 9.67 Å². The monoisotopic (exact) mass is 345 g/mol. The number of rotatable bonds is 4. The molecule has 0 bridgehead atoms. The molecule has 0 aromatic carbocycles. The highest BCUT2D eigenvalue weighted by Crippen LogP contribution is 2.25. The summed E-state index contributed by atoms with van der Waals surface area (Å²) in [6.07, 6.45) is 6.53. The Labute approximate surface area is 151 Å². The van der Waals surface area contributed by atoms with Crippen LogP contribution in [0.3, 0.4) is 0 Å². The lowest BCUT2D eigenvalue weighted by Gasteiger charge is -2.07. The van der Waals surface area contributed by atoms with Crippen LogP contribution in [-0.2, 0) is 13.5 Å². The van der Waals surface area contributed by atoms with E-state index in [1.165, 1.54) is 0 Å².